The van der Waals surface area contributed by atoms with Crippen molar-refractivity contribution in [3.05, 3.63) is 35.4 Å². The number of nitrogens with zero attached hydrogens (tertiary/aromatic N) is 1. The van der Waals surface area contributed by atoms with Crippen LogP contribution in [0.5, 0.6) is 0 Å². The molecule has 0 aliphatic carbocycles. The fourth-order valence-electron chi connectivity index (χ4n) is 2.58. The van der Waals surface area contributed by atoms with E-state index >= 15 is 0 Å². The van der Waals surface area contributed by atoms with Gasteiger partial charge in [-0.2, -0.15) is 0 Å². The van der Waals surface area contributed by atoms with Gasteiger partial charge >= 0.3 is 0 Å². The van der Waals surface area contributed by atoms with E-state index in [1.165, 1.54) is 0 Å². The molecular formula is C18H29N3O2. The Morgan fingerprint density at radius 3 is 2.70 bits per heavy atom. The number of hydrogen-bond acceptors (Lipinski definition) is 4. The number of carbonyl (C=O) groups is 1. The minimum absolute atomic E-state index is 0.0889. The zero-order valence-corrected chi connectivity index (χ0v) is 14.5. The predicted octanol–water partition coefficient (Wildman–Crippen LogP) is 1.52. The van der Waals surface area contributed by atoms with Crippen LogP contribution in [0, 0.1) is 0 Å². The van der Waals surface area contributed by atoms with Crippen molar-refractivity contribution in [3.8, 4) is 0 Å². The first-order valence-electron chi connectivity index (χ1n) is 8.45. The average molecular weight is 319 g/mol. The van der Waals surface area contributed by atoms with Crippen LogP contribution < -0.4 is 10.6 Å². The van der Waals surface area contributed by atoms with E-state index in [-0.39, 0.29) is 12.0 Å². The Balaban J connectivity index is 1.73. The molecule has 1 aliphatic rings. The molecule has 5 nitrogen and oxygen atoms in total. The summed E-state index contributed by atoms with van der Waals surface area (Å²) < 4.78 is 5.58. The standard InChI is InChI=1S/C18H29N3O2/c1-14(2)23-13-17-6-4-16(5-7-17)11-20-18(22)12-21-9-8-19-10-15(21)3/h4-7,14-15,19H,8-13H2,1-3H3,(H,20,22)/t15-/m0/s1. The summed E-state index contributed by atoms with van der Waals surface area (Å²) in [5, 5.41) is 6.34. The van der Waals surface area contributed by atoms with Gasteiger partial charge < -0.3 is 15.4 Å². The van der Waals surface area contributed by atoms with Crippen LogP contribution in [0.15, 0.2) is 24.3 Å². The van der Waals surface area contributed by atoms with Gasteiger partial charge in [0.05, 0.1) is 19.3 Å². The van der Waals surface area contributed by atoms with Gasteiger partial charge in [0.2, 0.25) is 5.91 Å². The maximum Gasteiger partial charge on any atom is 0.234 e. The number of nitrogens with one attached hydrogen (secondary N) is 2. The Morgan fingerprint density at radius 1 is 1.35 bits per heavy atom. The van der Waals surface area contributed by atoms with E-state index < -0.39 is 0 Å². The van der Waals surface area contributed by atoms with Crippen molar-refractivity contribution in [2.45, 2.75) is 46.1 Å². The second-order valence-corrected chi connectivity index (χ2v) is 6.48. The van der Waals surface area contributed by atoms with Gasteiger partial charge in [-0.3, -0.25) is 9.69 Å². The van der Waals surface area contributed by atoms with Crippen molar-refractivity contribution >= 4 is 5.91 Å². The highest BCUT2D eigenvalue weighted by atomic mass is 16.5. The van der Waals surface area contributed by atoms with Crippen molar-refractivity contribution < 1.29 is 9.53 Å². The Hall–Kier alpha value is -1.43. The Morgan fingerprint density at radius 2 is 2.04 bits per heavy atom. The average Bonchev–Trinajstić information content (AvgIpc) is 2.54. The summed E-state index contributed by atoms with van der Waals surface area (Å²) in [6.07, 6.45) is 0.237. The SMILES string of the molecule is CC(C)OCc1ccc(CNC(=O)CN2CCNC[C@@H]2C)cc1. The Bertz CT molecular complexity index is 488. The van der Waals surface area contributed by atoms with Crippen LogP contribution in [0.1, 0.15) is 31.9 Å². The van der Waals surface area contributed by atoms with Gasteiger partial charge in [0.25, 0.3) is 0 Å². The molecule has 0 bridgehead atoms. The lowest BCUT2D eigenvalue weighted by atomic mass is 10.1. The van der Waals surface area contributed by atoms with E-state index in [9.17, 15) is 4.79 Å². The first-order chi connectivity index (χ1) is 11.0. The second kappa shape index (κ2) is 9.01. The van der Waals surface area contributed by atoms with Crippen LogP contribution in [-0.2, 0) is 22.7 Å². The molecule has 1 saturated heterocycles. The van der Waals surface area contributed by atoms with Gasteiger partial charge in [0.1, 0.15) is 0 Å². The molecule has 1 aromatic rings. The summed E-state index contributed by atoms with van der Waals surface area (Å²) in [4.78, 5) is 14.3. The van der Waals surface area contributed by atoms with Crippen molar-refractivity contribution in [2.75, 3.05) is 26.2 Å². The van der Waals surface area contributed by atoms with Gasteiger partial charge in [0.15, 0.2) is 0 Å². The quantitative estimate of drug-likeness (QED) is 0.800. The molecule has 23 heavy (non-hydrogen) atoms. The molecule has 1 heterocycles. The van der Waals surface area contributed by atoms with Crippen molar-refractivity contribution in [3.63, 3.8) is 0 Å². The number of benzene rings is 1. The van der Waals surface area contributed by atoms with E-state index in [4.69, 9.17) is 4.74 Å². The molecule has 2 rings (SSSR count). The highest BCUT2D eigenvalue weighted by molar-refractivity contribution is 5.78. The van der Waals surface area contributed by atoms with Crippen LogP contribution in [0.3, 0.4) is 0 Å². The number of hydrogen-bond donors (Lipinski definition) is 2. The third-order valence-electron chi connectivity index (χ3n) is 4.08. The van der Waals surface area contributed by atoms with Gasteiger partial charge in [0, 0.05) is 32.2 Å². The zero-order chi connectivity index (χ0) is 16.7. The molecule has 128 valence electrons. The molecule has 0 aromatic heterocycles. The van der Waals surface area contributed by atoms with E-state index in [0.717, 1.165) is 30.8 Å². The van der Waals surface area contributed by atoms with Crippen LogP contribution >= 0.6 is 0 Å². The molecule has 1 atom stereocenters. The monoisotopic (exact) mass is 319 g/mol. The summed E-state index contributed by atoms with van der Waals surface area (Å²) in [6.45, 7) is 10.7. The van der Waals surface area contributed by atoms with Crippen LogP contribution in [-0.4, -0.2) is 49.1 Å². The predicted molar refractivity (Wildman–Crippen MR) is 92.1 cm³/mol. The molecule has 0 spiro atoms. The summed E-state index contributed by atoms with van der Waals surface area (Å²) in [7, 11) is 0. The van der Waals surface area contributed by atoms with Crippen LogP contribution in [0.25, 0.3) is 0 Å². The van der Waals surface area contributed by atoms with Crippen molar-refractivity contribution in [2.24, 2.45) is 0 Å². The normalized spacial score (nSPS) is 19.0. The summed E-state index contributed by atoms with van der Waals surface area (Å²) >= 11 is 0. The lowest BCUT2D eigenvalue weighted by molar-refractivity contribution is -0.123. The zero-order valence-electron chi connectivity index (χ0n) is 14.5. The van der Waals surface area contributed by atoms with E-state index in [2.05, 4.69) is 34.6 Å². The maximum absolute atomic E-state index is 12.1. The highest BCUT2D eigenvalue weighted by Crippen LogP contribution is 2.07. The van der Waals surface area contributed by atoms with Gasteiger partial charge in [-0.05, 0) is 31.9 Å². The third-order valence-corrected chi connectivity index (χ3v) is 4.08. The summed E-state index contributed by atoms with van der Waals surface area (Å²) in [5.74, 6) is 0.0889. The van der Waals surface area contributed by atoms with Gasteiger partial charge in [-0.1, -0.05) is 24.3 Å². The highest BCUT2D eigenvalue weighted by Gasteiger charge is 2.19. The molecule has 1 aromatic carbocycles. The molecule has 1 aliphatic heterocycles. The molecule has 0 radical (unpaired) electrons. The lowest BCUT2D eigenvalue weighted by Crippen LogP contribution is -2.52. The first-order valence-corrected chi connectivity index (χ1v) is 8.45. The number of piperazine rings is 1. The maximum atomic E-state index is 12.1. The van der Waals surface area contributed by atoms with Gasteiger partial charge in [-0.25, -0.2) is 0 Å². The molecule has 5 heteroatoms. The second-order valence-electron chi connectivity index (χ2n) is 6.48. The molecule has 2 N–H and O–H groups in total. The smallest absolute Gasteiger partial charge is 0.234 e. The molecule has 0 unspecified atom stereocenters. The third kappa shape index (κ3) is 6.29. The van der Waals surface area contributed by atoms with E-state index in [1.54, 1.807) is 0 Å². The van der Waals surface area contributed by atoms with Crippen molar-refractivity contribution in [1.29, 1.82) is 0 Å². The topological polar surface area (TPSA) is 53.6 Å². The molecule has 0 saturated carbocycles. The molecular weight excluding hydrogens is 290 g/mol. The number of carbonyl (C=O) groups excluding carboxylic acids is 1. The van der Waals surface area contributed by atoms with Crippen LogP contribution in [0.4, 0.5) is 0 Å². The lowest BCUT2D eigenvalue weighted by Gasteiger charge is -2.33. The summed E-state index contributed by atoms with van der Waals surface area (Å²) in [6, 6.07) is 8.62. The van der Waals surface area contributed by atoms with E-state index in [0.29, 0.717) is 25.7 Å². The number of amides is 1. The number of ether oxygens (including phenoxy) is 1. The molecule has 1 fully saturated rings. The molecule has 1 amide bonds. The fourth-order valence-corrected chi connectivity index (χ4v) is 2.58. The minimum Gasteiger partial charge on any atom is -0.374 e. The fraction of sp³-hybridized carbons (Fsp3) is 0.611. The van der Waals surface area contributed by atoms with Crippen LogP contribution in [0.2, 0.25) is 0 Å². The van der Waals surface area contributed by atoms with Crippen molar-refractivity contribution in [1.82, 2.24) is 15.5 Å². The number of rotatable bonds is 7. The Kier molecular flexibility index (Phi) is 7.02. The van der Waals surface area contributed by atoms with Gasteiger partial charge in [-0.15, -0.1) is 0 Å². The Labute approximate surface area is 139 Å². The largest absolute Gasteiger partial charge is 0.374 e. The summed E-state index contributed by atoms with van der Waals surface area (Å²) in [5.41, 5.74) is 2.27. The minimum atomic E-state index is 0.0889. The van der Waals surface area contributed by atoms with E-state index in [1.807, 2.05) is 26.0 Å². The first kappa shape index (κ1) is 17.9.